The van der Waals surface area contributed by atoms with E-state index in [0.717, 1.165) is 11.1 Å². The lowest BCUT2D eigenvalue weighted by molar-refractivity contribution is -0.123. The molecule has 0 fully saturated rings. The van der Waals surface area contributed by atoms with Gasteiger partial charge in [0.25, 0.3) is 5.91 Å². The van der Waals surface area contributed by atoms with Gasteiger partial charge in [0.15, 0.2) is 5.78 Å². The minimum Gasteiger partial charge on any atom is -0.497 e. The largest absolute Gasteiger partial charge is 0.497 e. The van der Waals surface area contributed by atoms with Crippen molar-refractivity contribution in [3.05, 3.63) is 60.3 Å². The number of benzene rings is 2. The zero-order valence-electron chi connectivity index (χ0n) is 16.5. The number of amides is 2. The number of carbonyl (C=O) groups is 3. The summed E-state index contributed by atoms with van der Waals surface area (Å²) in [6.45, 7) is 1.48. The van der Waals surface area contributed by atoms with Gasteiger partial charge in [-0.1, -0.05) is 12.1 Å². The predicted octanol–water partition coefficient (Wildman–Crippen LogP) is 3.28. The van der Waals surface area contributed by atoms with Gasteiger partial charge in [-0.15, -0.1) is 0 Å². The number of hydrogen-bond acceptors (Lipinski definition) is 5. The molecule has 2 heterocycles. The van der Waals surface area contributed by atoms with Gasteiger partial charge in [-0.05, 0) is 48.9 Å². The minimum absolute atomic E-state index is 0.0476. The second-order valence-electron chi connectivity index (χ2n) is 6.97. The summed E-state index contributed by atoms with van der Waals surface area (Å²) in [5.74, 6) is 0.593. The molecule has 0 radical (unpaired) electrons. The number of ether oxygens (including phenoxy) is 1. The Kier molecular flexibility index (Phi) is 5.05. The number of nitrogens with one attached hydrogen (secondary N) is 2. The zero-order valence-corrected chi connectivity index (χ0v) is 16.5. The Morgan fingerprint density at radius 2 is 1.97 bits per heavy atom. The van der Waals surface area contributed by atoms with Gasteiger partial charge in [-0.2, -0.15) is 5.10 Å². The molecular weight excluding hydrogens is 384 g/mol. The highest BCUT2D eigenvalue weighted by Gasteiger charge is 2.35. The number of Topliss-reactive ketones (excluding diaryl/α,β-unsaturated/α-hetero) is 1. The number of anilines is 2. The third-order valence-electron chi connectivity index (χ3n) is 4.97. The van der Waals surface area contributed by atoms with E-state index in [4.69, 9.17) is 4.74 Å². The van der Waals surface area contributed by atoms with Crippen LogP contribution in [0.3, 0.4) is 0 Å². The standard InChI is InChI=1S/C22H20N4O4/c1-13(27)14-6-8-16(9-7-14)24-20(28)11-19-22(29)25-21-18(12-23-26(19)21)15-4-3-5-17(10-15)30-2/h3-10,12,19H,11H2,1-2H3,(H,24,28)(H,25,29). The SMILES string of the molecule is COc1cccc(-c2cnn3c2NC(=O)C3CC(=O)Nc2ccc(C(C)=O)cc2)c1. The molecule has 2 amide bonds. The molecule has 0 saturated heterocycles. The van der Waals surface area contributed by atoms with Crippen molar-refractivity contribution >= 4 is 29.1 Å². The maximum atomic E-state index is 12.5. The van der Waals surface area contributed by atoms with Gasteiger partial charge in [0.2, 0.25) is 5.91 Å². The lowest BCUT2D eigenvalue weighted by Crippen LogP contribution is -2.23. The van der Waals surface area contributed by atoms with Crippen molar-refractivity contribution in [2.24, 2.45) is 0 Å². The summed E-state index contributed by atoms with van der Waals surface area (Å²) in [6, 6.07) is 13.3. The highest BCUT2D eigenvalue weighted by molar-refractivity contribution is 6.04. The van der Waals surface area contributed by atoms with E-state index in [2.05, 4.69) is 15.7 Å². The average Bonchev–Trinajstić information content (AvgIpc) is 3.28. The van der Waals surface area contributed by atoms with Gasteiger partial charge in [-0.3, -0.25) is 14.4 Å². The molecule has 0 saturated carbocycles. The number of methoxy groups -OCH3 is 1. The molecule has 8 nitrogen and oxygen atoms in total. The Bertz CT molecular complexity index is 1130. The maximum Gasteiger partial charge on any atom is 0.251 e. The Hall–Kier alpha value is -3.94. The Morgan fingerprint density at radius 3 is 2.67 bits per heavy atom. The number of nitrogens with zero attached hydrogens (tertiary/aromatic N) is 2. The predicted molar refractivity (Wildman–Crippen MR) is 112 cm³/mol. The fourth-order valence-electron chi connectivity index (χ4n) is 3.39. The first-order chi connectivity index (χ1) is 14.5. The summed E-state index contributed by atoms with van der Waals surface area (Å²) < 4.78 is 6.80. The zero-order chi connectivity index (χ0) is 21.3. The van der Waals surface area contributed by atoms with E-state index in [1.165, 1.54) is 11.6 Å². The Labute approximate surface area is 172 Å². The summed E-state index contributed by atoms with van der Waals surface area (Å²) >= 11 is 0. The number of fused-ring (bicyclic) bond motifs is 1. The van der Waals surface area contributed by atoms with Crippen LogP contribution in [0.25, 0.3) is 11.1 Å². The van der Waals surface area contributed by atoms with E-state index >= 15 is 0 Å². The fourth-order valence-corrected chi connectivity index (χ4v) is 3.39. The molecule has 2 aromatic carbocycles. The summed E-state index contributed by atoms with van der Waals surface area (Å²) in [6.07, 6.45) is 1.60. The molecule has 0 bridgehead atoms. The van der Waals surface area contributed by atoms with Crippen molar-refractivity contribution in [3.63, 3.8) is 0 Å². The van der Waals surface area contributed by atoms with E-state index in [0.29, 0.717) is 22.8 Å². The average molecular weight is 404 g/mol. The summed E-state index contributed by atoms with van der Waals surface area (Å²) in [5.41, 5.74) is 2.73. The molecule has 1 unspecified atom stereocenters. The number of carbonyl (C=O) groups excluding carboxylic acids is 3. The van der Waals surface area contributed by atoms with Gasteiger partial charge in [0.1, 0.15) is 17.6 Å². The van der Waals surface area contributed by atoms with Crippen LogP contribution in [-0.2, 0) is 9.59 Å². The third kappa shape index (κ3) is 3.67. The second-order valence-corrected chi connectivity index (χ2v) is 6.97. The quantitative estimate of drug-likeness (QED) is 0.614. The van der Waals surface area contributed by atoms with Gasteiger partial charge < -0.3 is 15.4 Å². The molecule has 2 N–H and O–H groups in total. The van der Waals surface area contributed by atoms with Crippen LogP contribution in [0.1, 0.15) is 29.7 Å². The van der Waals surface area contributed by atoms with Crippen molar-refractivity contribution in [1.29, 1.82) is 0 Å². The van der Waals surface area contributed by atoms with E-state index < -0.39 is 6.04 Å². The van der Waals surface area contributed by atoms with Crippen LogP contribution in [0.4, 0.5) is 11.5 Å². The van der Waals surface area contributed by atoms with Gasteiger partial charge >= 0.3 is 0 Å². The van der Waals surface area contributed by atoms with Gasteiger partial charge in [0, 0.05) is 16.8 Å². The van der Waals surface area contributed by atoms with Crippen LogP contribution in [0.15, 0.2) is 54.7 Å². The maximum absolute atomic E-state index is 12.5. The summed E-state index contributed by atoms with van der Waals surface area (Å²) in [4.78, 5) is 36.3. The van der Waals surface area contributed by atoms with Crippen LogP contribution in [0, 0.1) is 0 Å². The van der Waals surface area contributed by atoms with E-state index in [1.807, 2.05) is 24.3 Å². The van der Waals surface area contributed by atoms with E-state index in [9.17, 15) is 14.4 Å². The normalized spacial score (nSPS) is 14.7. The summed E-state index contributed by atoms with van der Waals surface area (Å²) in [7, 11) is 1.59. The molecule has 8 heteroatoms. The molecule has 1 aliphatic heterocycles. The van der Waals surface area contributed by atoms with E-state index in [1.54, 1.807) is 37.6 Å². The second kappa shape index (κ2) is 7.82. The Balaban J connectivity index is 1.50. The lowest BCUT2D eigenvalue weighted by atomic mass is 10.1. The monoisotopic (exact) mass is 404 g/mol. The lowest BCUT2D eigenvalue weighted by Gasteiger charge is -2.10. The van der Waals surface area contributed by atoms with Gasteiger partial charge in [0.05, 0.1) is 19.7 Å². The third-order valence-corrected chi connectivity index (χ3v) is 4.97. The molecule has 1 atom stereocenters. The van der Waals surface area contributed by atoms with Crippen LogP contribution in [-0.4, -0.2) is 34.5 Å². The fraction of sp³-hybridized carbons (Fsp3) is 0.182. The summed E-state index contributed by atoms with van der Waals surface area (Å²) in [5, 5.41) is 9.90. The van der Waals surface area contributed by atoms with Crippen LogP contribution >= 0.6 is 0 Å². The topological polar surface area (TPSA) is 102 Å². The number of hydrogen-bond donors (Lipinski definition) is 2. The van der Waals surface area contributed by atoms with Crippen LogP contribution in [0.2, 0.25) is 0 Å². The highest BCUT2D eigenvalue weighted by atomic mass is 16.5. The van der Waals surface area contributed by atoms with Crippen molar-refractivity contribution in [2.45, 2.75) is 19.4 Å². The molecule has 3 aromatic rings. The van der Waals surface area contributed by atoms with Crippen molar-refractivity contribution in [1.82, 2.24) is 9.78 Å². The molecule has 1 aromatic heterocycles. The van der Waals surface area contributed by atoms with Crippen molar-refractivity contribution in [2.75, 3.05) is 17.7 Å². The van der Waals surface area contributed by atoms with Gasteiger partial charge in [-0.25, -0.2) is 4.68 Å². The molecule has 4 rings (SSSR count). The van der Waals surface area contributed by atoms with E-state index in [-0.39, 0.29) is 24.0 Å². The number of rotatable bonds is 6. The first kappa shape index (κ1) is 19.4. The van der Waals surface area contributed by atoms with Crippen molar-refractivity contribution in [3.8, 4) is 16.9 Å². The van der Waals surface area contributed by atoms with Crippen molar-refractivity contribution < 1.29 is 19.1 Å². The highest BCUT2D eigenvalue weighted by Crippen LogP contribution is 2.36. The number of aromatic nitrogens is 2. The molecule has 1 aliphatic rings. The molecule has 0 aliphatic carbocycles. The minimum atomic E-state index is -0.740. The molecular formula is C22H20N4O4. The molecule has 30 heavy (non-hydrogen) atoms. The number of ketones is 1. The van der Waals surface area contributed by atoms with Crippen LogP contribution < -0.4 is 15.4 Å². The first-order valence-corrected chi connectivity index (χ1v) is 9.40. The Morgan fingerprint density at radius 1 is 1.20 bits per heavy atom. The smallest absolute Gasteiger partial charge is 0.251 e. The molecule has 0 spiro atoms. The van der Waals surface area contributed by atoms with Crippen LogP contribution in [0.5, 0.6) is 5.75 Å². The first-order valence-electron chi connectivity index (χ1n) is 9.40. The molecule has 152 valence electrons.